The topological polar surface area (TPSA) is 0 Å². The van der Waals surface area contributed by atoms with Gasteiger partial charge in [0.2, 0.25) is 0 Å². The second-order valence-electron chi connectivity index (χ2n) is 3.27. The van der Waals surface area contributed by atoms with Gasteiger partial charge in [-0.25, -0.2) is 0 Å². The molecule has 0 radical (unpaired) electrons. The molecule has 2 unspecified atom stereocenters. The van der Waals surface area contributed by atoms with Crippen molar-refractivity contribution in [3.63, 3.8) is 0 Å². The van der Waals surface area contributed by atoms with Gasteiger partial charge in [-0.1, -0.05) is 31.9 Å². The van der Waals surface area contributed by atoms with E-state index in [0.29, 0.717) is 0 Å². The standard InChI is InChI=1S/C9H16/c1-4-8(3)9-5-7(2)6-9/h5,8-9H,4,6H2,1-3H3. The van der Waals surface area contributed by atoms with Crippen molar-refractivity contribution in [2.24, 2.45) is 11.8 Å². The second-order valence-corrected chi connectivity index (χ2v) is 3.27. The molecule has 0 heteroatoms. The lowest BCUT2D eigenvalue weighted by atomic mass is 9.78. The molecule has 0 N–H and O–H groups in total. The quantitative estimate of drug-likeness (QED) is 0.496. The van der Waals surface area contributed by atoms with Crippen LogP contribution in [0, 0.1) is 11.8 Å². The average Bonchev–Trinajstić information content (AvgIpc) is 1.79. The summed E-state index contributed by atoms with van der Waals surface area (Å²) >= 11 is 0. The molecule has 0 heterocycles. The minimum Gasteiger partial charge on any atom is -0.0819 e. The van der Waals surface area contributed by atoms with Crippen LogP contribution in [0.3, 0.4) is 0 Å². The Balaban J connectivity index is 2.32. The van der Waals surface area contributed by atoms with Crippen molar-refractivity contribution in [2.75, 3.05) is 0 Å². The van der Waals surface area contributed by atoms with Gasteiger partial charge in [0.25, 0.3) is 0 Å². The number of rotatable bonds is 2. The van der Waals surface area contributed by atoms with Gasteiger partial charge >= 0.3 is 0 Å². The van der Waals surface area contributed by atoms with Crippen LogP contribution < -0.4 is 0 Å². The van der Waals surface area contributed by atoms with Gasteiger partial charge in [-0.15, -0.1) is 0 Å². The molecule has 0 aromatic carbocycles. The predicted molar refractivity (Wildman–Crippen MR) is 41.3 cm³/mol. The first kappa shape index (κ1) is 6.85. The summed E-state index contributed by atoms with van der Waals surface area (Å²) in [4.78, 5) is 0. The SMILES string of the molecule is CCC(C)C1C=C(C)C1. The fourth-order valence-corrected chi connectivity index (χ4v) is 1.37. The molecule has 0 bridgehead atoms. The van der Waals surface area contributed by atoms with Crippen LogP contribution in [0.4, 0.5) is 0 Å². The summed E-state index contributed by atoms with van der Waals surface area (Å²) in [5.41, 5.74) is 1.58. The van der Waals surface area contributed by atoms with Gasteiger partial charge in [0, 0.05) is 0 Å². The van der Waals surface area contributed by atoms with E-state index >= 15 is 0 Å². The highest BCUT2D eigenvalue weighted by Gasteiger charge is 2.20. The summed E-state index contributed by atoms with van der Waals surface area (Å²) in [6.45, 7) is 6.83. The molecule has 1 aliphatic rings. The van der Waals surface area contributed by atoms with Crippen LogP contribution in [0.1, 0.15) is 33.6 Å². The van der Waals surface area contributed by atoms with Crippen LogP contribution in [-0.4, -0.2) is 0 Å². The van der Waals surface area contributed by atoms with Crippen LogP contribution in [0.25, 0.3) is 0 Å². The maximum atomic E-state index is 2.41. The first-order valence-electron chi connectivity index (χ1n) is 3.91. The maximum Gasteiger partial charge on any atom is -0.0168 e. The van der Waals surface area contributed by atoms with E-state index in [0.717, 1.165) is 11.8 Å². The highest BCUT2D eigenvalue weighted by atomic mass is 14.2. The highest BCUT2D eigenvalue weighted by Crippen LogP contribution is 2.32. The molecule has 0 fully saturated rings. The van der Waals surface area contributed by atoms with E-state index < -0.39 is 0 Å². The van der Waals surface area contributed by atoms with Crippen molar-refractivity contribution in [1.29, 1.82) is 0 Å². The molecule has 1 aliphatic carbocycles. The van der Waals surface area contributed by atoms with E-state index in [-0.39, 0.29) is 0 Å². The predicted octanol–water partition coefficient (Wildman–Crippen LogP) is 3.00. The van der Waals surface area contributed by atoms with Crippen molar-refractivity contribution in [3.8, 4) is 0 Å². The van der Waals surface area contributed by atoms with E-state index in [4.69, 9.17) is 0 Å². The number of allylic oxidation sites excluding steroid dienone is 2. The molecule has 9 heavy (non-hydrogen) atoms. The van der Waals surface area contributed by atoms with Crippen LogP contribution in [0.2, 0.25) is 0 Å². The van der Waals surface area contributed by atoms with Crippen molar-refractivity contribution in [1.82, 2.24) is 0 Å². The summed E-state index contributed by atoms with van der Waals surface area (Å²) in [6, 6.07) is 0. The van der Waals surface area contributed by atoms with Gasteiger partial charge in [-0.3, -0.25) is 0 Å². The summed E-state index contributed by atoms with van der Waals surface area (Å²) in [7, 11) is 0. The first-order chi connectivity index (χ1) is 4.24. The minimum atomic E-state index is 0.911. The molecule has 0 spiro atoms. The average molecular weight is 124 g/mol. The summed E-state index contributed by atoms with van der Waals surface area (Å²) < 4.78 is 0. The van der Waals surface area contributed by atoms with Crippen molar-refractivity contribution < 1.29 is 0 Å². The van der Waals surface area contributed by atoms with Crippen LogP contribution in [0.15, 0.2) is 11.6 Å². The monoisotopic (exact) mass is 124 g/mol. The van der Waals surface area contributed by atoms with E-state index in [2.05, 4.69) is 26.8 Å². The lowest BCUT2D eigenvalue weighted by Gasteiger charge is -2.28. The Morgan fingerprint density at radius 1 is 1.78 bits per heavy atom. The normalized spacial score (nSPS) is 28.8. The van der Waals surface area contributed by atoms with Crippen LogP contribution >= 0.6 is 0 Å². The van der Waals surface area contributed by atoms with Crippen molar-refractivity contribution in [3.05, 3.63) is 11.6 Å². The number of hydrogen-bond acceptors (Lipinski definition) is 0. The summed E-state index contributed by atoms with van der Waals surface area (Å²) in [5.74, 6) is 1.82. The Kier molecular flexibility index (Phi) is 1.94. The lowest BCUT2D eigenvalue weighted by Crippen LogP contribution is -2.16. The smallest absolute Gasteiger partial charge is 0.0168 e. The van der Waals surface area contributed by atoms with E-state index in [9.17, 15) is 0 Å². The fraction of sp³-hybridized carbons (Fsp3) is 0.778. The zero-order valence-electron chi connectivity index (χ0n) is 6.65. The van der Waals surface area contributed by atoms with Gasteiger partial charge in [0.1, 0.15) is 0 Å². The second kappa shape index (κ2) is 2.55. The van der Waals surface area contributed by atoms with Gasteiger partial charge < -0.3 is 0 Å². The molecule has 52 valence electrons. The zero-order chi connectivity index (χ0) is 6.85. The van der Waals surface area contributed by atoms with Gasteiger partial charge in [0.05, 0.1) is 0 Å². The Bertz CT molecular complexity index is 122. The van der Waals surface area contributed by atoms with Gasteiger partial charge in [-0.05, 0) is 25.2 Å². The molecule has 1 rings (SSSR count). The van der Waals surface area contributed by atoms with E-state index in [1.165, 1.54) is 12.8 Å². The molecule has 0 aliphatic heterocycles. The molecule has 0 aromatic heterocycles. The third-order valence-electron chi connectivity index (χ3n) is 2.43. The minimum absolute atomic E-state index is 0.911. The van der Waals surface area contributed by atoms with Crippen molar-refractivity contribution >= 4 is 0 Å². The highest BCUT2D eigenvalue weighted by molar-refractivity contribution is 5.14. The van der Waals surface area contributed by atoms with E-state index in [1.807, 2.05) is 0 Å². The van der Waals surface area contributed by atoms with Crippen molar-refractivity contribution in [2.45, 2.75) is 33.6 Å². The fourth-order valence-electron chi connectivity index (χ4n) is 1.37. The maximum absolute atomic E-state index is 2.41. The Morgan fingerprint density at radius 2 is 2.33 bits per heavy atom. The first-order valence-corrected chi connectivity index (χ1v) is 3.91. The molecular weight excluding hydrogens is 108 g/mol. The van der Waals surface area contributed by atoms with Crippen LogP contribution in [0.5, 0.6) is 0 Å². The third kappa shape index (κ3) is 1.35. The Labute approximate surface area is 58.0 Å². The molecule has 2 atom stereocenters. The van der Waals surface area contributed by atoms with Gasteiger partial charge in [0.15, 0.2) is 0 Å². The molecule has 0 aromatic rings. The molecular formula is C9H16. The molecule has 0 saturated heterocycles. The summed E-state index contributed by atoms with van der Waals surface area (Å²) in [5, 5.41) is 0. The lowest BCUT2D eigenvalue weighted by molar-refractivity contribution is 0.381. The third-order valence-corrected chi connectivity index (χ3v) is 2.43. The van der Waals surface area contributed by atoms with Gasteiger partial charge in [-0.2, -0.15) is 0 Å². The number of hydrogen-bond donors (Lipinski definition) is 0. The largest absolute Gasteiger partial charge is 0.0819 e. The Morgan fingerprint density at radius 3 is 2.67 bits per heavy atom. The molecule has 0 nitrogen and oxygen atoms in total. The molecule has 0 amide bonds. The van der Waals surface area contributed by atoms with Crippen LogP contribution in [-0.2, 0) is 0 Å². The molecule has 0 saturated carbocycles. The Hall–Kier alpha value is -0.260. The van der Waals surface area contributed by atoms with E-state index in [1.54, 1.807) is 5.57 Å². The summed E-state index contributed by atoms with van der Waals surface area (Å²) in [6.07, 6.45) is 5.09. The zero-order valence-corrected chi connectivity index (χ0v) is 6.65.